The minimum Gasteiger partial charge on any atom is -0.353 e. The SMILES string of the molecule is CCC=CCC(=O)N(C)CCCCN1CCN(c2nsc3ccccc23)CC1. The van der Waals surface area contributed by atoms with E-state index in [1.165, 1.54) is 10.1 Å². The molecule has 1 saturated heterocycles. The number of rotatable bonds is 9. The van der Waals surface area contributed by atoms with Gasteiger partial charge in [-0.25, -0.2) is 0 Å². The normalized spacial score (nSPS) is 15.6. The first-order chi connectivity index (χ1) is 13.7. The number of piperazine rings is 1. The van der Waals surface area contributed by atoms with Crippen molar-refractivity contribution in [1.29, 1.82) is 0 Å². The van der Waals surface area contributed by atoms with Crippen LogP contribution in [0.25, 0.3) is 10.1 Å². The molecule has 0 saturated carbocycles. The molecule has 152 valence electrons. The molecular weight excluding hydrogens is 368 g/mol. The molecule has 0 atom stereocenters. The molecule has 0 N–H and O–H groups in total. The lowest BCUT2D eigenvalue weighted by Gasteiger charge is -2.35. The van der Waals surface area contributed by atoms with E-state index in [4.69, 9.17) is 0 Å². The average molecular weight is 401 g/mol. The van der Waals surface area contributed by atoms with Crippen LogP contribution in [0.3, 0.4) is 0 Å². The molecule has 1 aliphatic rings. The van der Waals surface area contributed by atoms with Crippen LogP contribution >= 0.6 is 11.5 Å². The lowest BCUT2D eigenvalue weighted by Crippen LogP contribution is -2.46. The Labute approximate surface area is 172 Å². The fourth-order valence-electron chi connectivity index (χ4n) is 3.60. The summed E-state index contributed by atoms with van der Waals surface area (Å²) in [4.78, 5) is 18.8. The van der Waals surface area contributed by atoms with E-state index >= 15 is 0 Å². The van der Waals surface area contributed by atoms with E-state index < -0.39 is 0 Å². The third-order valence-electron chi connectivity index (χ3n) is 5.37. The summed E-state index contributed by atoms with van der Waals surface area (Å²) in [5, 5.41) is 1.28. The molecule has 0 aliphatic carbocycles. The molecule has 5 nitrogen and oxygen atoms in total. The van der Waals surface area contributed by atoms with Crippen molar-refractivity contribution in [2.75, 3.05) is 51.2 Å². The lowest BCUT2D eigenvalue weighted by atomic mass is 10.2. The summed E-state index contributed by atoms with van der Waals surface area (Å²) >= 11 is 1.59. The molecule has 2 aromatic rings. The number of carbonyl (C=O) groups excluding carboxylic acids is 1. The van der Waals surface area contributed by atoms with Crippen LogP contribution in [0.1, 0.15) is 32.6 Å². The Bertz CT molecular complexity index is 780. The van der Waals surface area contributed by atoms with Crippen LogP contribution in [-0.2, 0) is 4.79 Å². The number of allylic oxidation sites excluding steroid dienone is 1. The predicted molar refractivity (Wildman–Crippen MR) is 119 cm³/mol. The minimum atomic E-state index is 0.216. The van der Waals surface area contributed by atoms with Gasteiger partial charge in [0.2, 0.25) is 5.91 Å². The van der Waals surface area contributed by atoms with E-state index in [9.17, 15) is 4.79 Å². The van der Waals surface area contributed by atoms with Crippen LogP contribution in [0.4, 0.5) is 5.82 Å². The van der Waals surface area contributed by atoms with Gasteiger partial charge in [-0.05, 0) is 49.5 Å². The Morgan fingerprint density at radius 3 is 2.75 bits per heavy atom. The van der Waals surface area contributed by atoms with Crippen LogP contribution in [0.2, 0.25) is 0 Å². The number of anilines is 1. The second kappa shape index (κ2) is 10.6. The zero-order valence-corrected chi connectivity index (χ0v) is 18.0. The molecule has 0 radical (unpaired) electrons. The second-order valence-corrected chi connectivity index (χ2v) is 8.24. The number of unbranched alkanes of at least 4 members (excludes halogenated alkanes) is 1. The maximum atomic E-state index is 12.0. The highest BCUT2D eigenvalue weighted by atomic mass is 32.1. The molecule has 1 fully saturated rings. The topological polar surface area (TPSA) is 39.7 Å². The first-order valence-electron chi connectivity index (χ1n) is 10.4. The van der Waals surface area contributed by atoms with Gasteiger partial charge in [-0.15, -0.1) is 0 Å². The van der Waals surface area contributed by atoms with Gasteiger partial charge in [-0.1, -0.05) is 31.2 Å². The van der Waals surface area contributed by atoms with Crippen molar-refractivity contribution in [1.82, 2.24) is 14.2 Å². The van der Waals surface area contributed by atoms with Gasteiger partial charge in [-0.2, -0.15) is 4.37 Å². The van der Waals surface area contributed by atoms with Crippen LogP contribution in [0, 0.1) is 0 Å². The fraction of sp³-hybridized carbons (Fsp3) is 0.545. The third kappa shape index (κ3) is 5.55. The van der Waals surface area contributed by atoms with Crippen LogP contribution in [0.15, 0.2) is 36.4 Å². The maximum Gasteiger partial charge on any atom is 0.226 e. The predicted octanol–water partition coefficient (Wildman–Crippen LogP) is 4.01. The maximum absolute atomic E-state index is 12.0. The molecule has 1 aliphatic heterocycles. The average Bonchev–Trinajstić information content (AvgIpc) is 3.16. The number of aromatic nitrogens is 1. The largest absolute Gasteiger partial charge is 0.353 e. The Morgan fingerprint density at radius 1 is 1.18 bits per heavy atom. The van der Waals surface area contributed by atoms with Crippen LogP contribution in [0.5, 0.6) is 0 Å². The number of hydrogen-bond acceptors (Lipinski definition) is 5. The van der Waals surface area contributed by atoms with E-state index in [0.717, 1.165) is 64.3 Å². The summed E-state index contributed by atoms with van der Waals surface area (Å²) in [5.74, 6) is 1.37. The molecule has 1 aromatic carbocycles. The molecule has 28 heavy (non-hydrogen) atoms. The Balaban J connectivity index is 1.35. The van der Waals surface area contributed by atoms with Crippen molar-refractivity contribution in [3.05, 3.63) is 36.4 Å². The number of amides is 1. The zero-order valence-electron chi connectivity index (χ0n) is 17.1. The van der Waals surface area contributed by atoms with Gasteiger partial charge in [0, 0.05) is 51.6 Å². The summed E-state index contributed by atoms with van der Waals surface area (Å²) in [6.07, 6.45) is 7.75. The highest BCUT2D eigenvalue weighted by Crippen LogP contribution is 2.29. The van der Waals surface area contributed by atoms with E-state index in [1.807, 2.05) is 18.0 Å². The van der Waals surface area contributed by atoms with Gasteiger partial charge < -0.3 is 9.80 Å². The monoisotopic (exact) mass is 400 g/mol. The molecule has 1 aromatic heterocycles. The summed E-state index contributed by atoms with van der Waals surface area (Å²) in [6.45, 7) is 8.30. The molecule has 0 spiro atoms. The summed E-state index contributed by atoms with van der Waals surface area (Å²) < 4.78 is 5.96. The number of carbonyl (C=O) groups is 1. The van der Waals surface area contributed by atoms with Gasteiger partial charge in [0.05, 0.1) is 4.70 Å². The number of hydrogen-bond donors (Lipinski definition) is 0. The molecule has 0 bridgehead atoms. The quantitative estimate of drug-likeness (QED) is 0.471. The van der Waals surface area contributed by atoms with Crippen molar-refractivity contribution in [3.8, 4) is 0 Å². The minimum absolute atomic E-state index is 0.216. The highest BCUT2D eigenvalue weighted by Gasteiger charge is 2.20. The second-order valence-electron chi connectivity index (χ2n) is 7.44. The van der Waals surface area contributed by atoms with Gasteiger partial charge >= 0.3 is 0 Å². The van der Waals surface area contributed by atoms with Gasteiger partial charge in [-0.3, -0.25) is 9.69 Å². The molecule has 0 unspecified atom stereocenters. The number of nitrogens with zero attached hydrogens (tertiary/aromatic N) is 4. The Hall–Kier alpha value is -1.92. The number of benzene rings is 1. The van der Waals surface area contributed by atoms with Crippen LogP contribution < -0.4 is 4.90 Å². The van der Waals surface area contributed by atoms with Crippen molar-refractivity contribution in [2.45, 2.75) is 32.6 Å². The van der Waals surface area contributed by atoms with E-state index in [-0.39, 0.29) is 5.91 Å². The van der Waals surface area contributed by atoms with Crippen molar-refractivity contribution >= 4 is 33.3 Å². The Morgan fingerprint density at radius 2 is 1.96 bits per heavy atom. The molecule has 2 heterocycles. The van der Waals surface area contributed by atoms with E-state index in [1.54, 1.807) is 11.5 Å². The third-order valence-corrected chi connectivity index (χ3v) is 6.19. The van der Waals surface area contributed by atoms with Crippen molar-refractivity contribution in [2.24, 2.45) is 0 Å². The van der Waals surface area contributed by atoms with Crippen molar-refractivity contribution < 1.29 is 4.79 Å². The number of fused-ring (bicyclic) bond motifs is 1. The molecule has 1 amide bonds. The van der Waals surface area contributed by atoms with E-state index in [2.05, 4.69) is 51.4 Å². The Kier molecular flexibility index (Phi) is 7.86. The first kappa shape index (κ1) is 20.8. The zero-order chi connectivity index (χ0) is 19.8. The summed E-state index contributed by atoms with van der Waals surface area (Å²) in [6, 6.07) is 8.50. The fourth-order valence-corrected chi connectivity index (χ4v) is 4.40. The van der Waals surface area contributed by atoms with Gasteiger partial charge in [0.15, 0.2) is 0 Å². The van der Waals surface area contributed by atoms with Gasteiger partial charge in [0.1, 0.15) is 5.82 Å². The first-order valence-corrected chi connectivity index (χ1v) is 11.2. The standard InChI is InChI=1S/C22H32N4OS/c1-3-4-5-12-21(27)24(2)13-8-9-14-25-15-17-26(18-16-25)22-19-10-6-7-11-20(19)28-23-22/h4-7,10-11H,3,8-9,12-18H2,1-2H3. The lowest BCUT2D eigenvalue weighted by molar-refractivity contribution is -0.129. The highest BCUT2D eigenvalue weighted by molar-refractivity contribution is 7.13. The van der Waals surface area contributed by atoms with Crippen LogP contribution in [-0.4, -0.2) is 66.4 Å². The smallest absolute Gasteiger partial charge is 0.226 e. The molecular formula is C22H32N4OS. The van der Waals surface area contributed by atoms with E-state index in [0.29, 0.717) is 6.42 Å². The summed E-state index contributed by atoms with van der Waals surface area (Å²) in [5.41, 5.74) is 0. The summed E-state index contributed by atoms with van der Waals surface area (Å²) in [7, 11) is 1.92. The van der Waals surface area contributed by atoms with Crippen molar-refractivity contribution in [3.63, 3.8) is 0 Å². The molecule has 6 heteroatoms. The molecule has 3 rings (SSSR count). The van der Waals surface area contributed by atoms with Gasteiger partial charge in [0.25, 0.3) is 0 Å².